The van der Waals surface area contributed by atoms with E-state index in [4.69, 9.17) is 11.6 Å². The van der Waals surface area contributed by atoms with Crippen LogP contribution in [0.5, 0.6) is 0 Å². The quantitative estimate of drug-likeness (QED) is 0.635. The Labute approximate surface area is 159 Å². The van der Waals surface area contributed by atoms with Crippen molar-refractivity contribution in [3.8, 4) is 0 Å². The van der Waals surface area contributed by atoms with Crippen LogP contribution in [0.15, 0.2) is 41.9 Å². The largest absolute Gasteiger partial charge is 0.343 e. The molecular weight excluding hydrogens is 372 g/mol. The van der Waals surface area contributed by atoms with E-state index >= 15 is 0 Å². The predicted octanol–water partition coefficient (Wildman–Crippen LogP) is 3.38. The number of carbonyl (C=O) groups is 2. The van der Waals surface area contributed by atoms with Gasteiger partial charge in [-0.2, -0.15) is 0 Å². The molecule has 1 aromatic carbocycles. The smallest absolute Gasteiger partial charge is 0.244 e. The van der Waals surface area contributed by atoms with Gasteiger partial charge in [0.05, 0.1) is 12.2 Å². The maximum Gasteiger partial charge on any atom is 0.244 e. The fraction of sp³-hybridized carbons (Fsp3) is 0.167. The average Bonchev–Trinajstić information content (AvgIpc) is 3.19. The molecule has 0 fully saturated rings. The first-order valence-electron chi connectivity index (χ1n) is 8.03. The van der Waals surface area contributed by atoms with Gasteiger partial charge in [-0.25, -0.2) is 4.98 Å². The van der Waals surface area contributed by atoms with E-state index in [0.29, 0.717) is 10.8 Å². The number of nitrogens with zero attached hydrogens (tertiary/aromatic N) is 2. The minimum atomic E-state index is -0.384. The number of fused-ring (bicyclic) bond motifs is 1. The molecule has 2 heterocycles. The summed E-state index contributed by atoms with van der Waals surface area (Å²) >= 11 is 7.52. The van der Waals surface area contributed by atoms with Crippen molar-refractivity contribution in [1.82, 2.24) is 14.7 Å². The summed E-state index contributed by atoms with van der Waals surface area (Å²) in [5, 5.41) is 7.57. The Morgan fingerprint density at radius 2 is 2.15 bits per heavy atom. The third-order valence-corrected chi connectivity index (χ3v) is 4.78. The van der Waals surface area contributed by atoms with Crippen LogP contribution < -0.4 is 10.6 Å². The highest BCUT2D eigenvalue weighted by atomic mass is 35.5. The van der Waals surface area contributed by atoms with Crippen molar-refractivity contribution in [2.45, 2.75) is 13.3 Å². The number of imidazole rings is 1. The summed E-state index contributed by atoms with van der Waals surface area (Å²) in [6.07, 6.45) is 5.55. The molecule has 3 aromatic rings. The molecule has 2 aromatic heterocycles. The molecule has 134 valence electrons. The number of hydrogen-bond donors (Lipinski definition) is 2. The molecule has 3 rings (SSSR count). The van der Waals surface area contributed by atoms with E-state index < -0.39 is 0 Å². The fourth-order valence-electron chi connectivity index (χ4n) is 2.45. The number of amides is 2. The third-order valence-electron chi connectivity index (χ3n) is 3.74. The summed E-state index contributed by atoms with van der Waals surface area (Å²) in [6.45, 7) is 1.90. The van der Waals surface area contributed by atoms with E-state index in [9.17, 15) is 9.59 Å². The number of hydrogen-bond acceptors (Lipinski definition) is 4. The molecule has 26 heavy (non-hydrogen) atoms. The molecule has 6 nitrogen and oxygen atoms in total. The summed E-state index contributed by atoms with van der Waals surface area (Å²) < 4.78 is 1.80. The molecule has 0 saturated carbocycles. The molecule has 0 bridgehead atoms. The van der Waals surface area contributed by atoms with Gasteiger partial charge in [0, 0.05) is 23.3 Å². The van der Waals surface area contributed by atoms with Crippen LogP contribution in [0.25, 0.3) is 11.0 Å². The highest BCUT2D eigenvalue weighted by molar-refractivity contribution is 7.15. The predicted molar refractivity (Wildman–Crippen MR) is 105 cm³/mol. The first kappa shape index (κ1) is 18.2. The van der Waals surface area contributed by atoms with Gasteiger partial charge in [-0.05, 0) is 24.1 Å². The van der Waals surface area contributed by atoms with Crippen LogP contribution >= 0.6 is 22.9 Å². The fourth-order valence-corrected chi connectivity index (χ4v) is 3.46. The van der Waals surface area contributed by atoms with Crippen LogP contribution in [-0.2, 0) is 16.0 Å². The van der Waals surface area contributed by atoms with E-state index in [1.807, 2.05) is 42.8 Å². The molecule has 2 amide bonds. The number of anilines is 1. The second kappa shape index (κ2) is 8.16. The van der Waals surface area contributed by atoms with Gasteiger partial charge in [-0.1, -0.05) is 36.7 Å². The molecule has 0 aliphatic heterocycles. The zero-order chi connectivity index (χ0) is 18.5. The van der Waals surface area contributed by atoms with Gasteiger partial charge in [0.1, 0.15) is 0 Å². The van der Waals surface area contributed by atoms with E-state index in [0.717, 1.165) is 22.6 Å². The molecule has 0 spiro atoms. The standard InChI is InChI=1S/C18H17ClN4O2S/c1-2-12-5-3-4-6-13(12)21-16(25)11-20-15(24)8-7-14-17(19)22-18-23(14)9-10-26-18/h3-10H,2,11H2,1H3,(H,20,24)(H,21,25)/b8-7+. The lowest BCUT2D eigenvalue weighted by Crippen LogP contribution is -2.31. The normalized spacial score (nSPS) is 11.2. The highest BCUT2D eigenvalue weighted by Gasteiger charge is 2.10. The molecule has 0 aliphatic rings. The molecule has 0 atom stereocenters. The number of benzene rings is 1. The lowest BCUT2D eigenvalue weighted by molar-refractivity contribution is -0.121. The van der Waals surface area contributed by atoms with Crippen molar-refractivity contribution < 1.29 is 9.59 Å². The maximum atomic E-state index is 12.0. The second-order valence-corrected chi connectivity index (χ2v) is 6.68. The Hall–Kier alpha value is -2.64. The minimum Gasteiger partial charge on any atom is -0.343 e. The number of aryl methyl sites for hydroxylation is 1. The van der Waals surface area contributed by atoms with E-state index in [-0.39, 0.29) is 18.4 Å². The van der Waals surface area contributed by atoms with Gasteiger partial charge in [-0.15, -0.1) is 11.3 Å². The van der Waals surface area contributed by atoms with E-state index in [2.05, 4.69) is 15.6 Å². The first-order valence-corrected chi connectivity index (χ1v) is 9.29. The van der Waals surface area contributed by atoms with Crippen LogP contribution in [0.1, 0.15) is 18.2 Å². The van der Waals surface area contributed by atoms with Crippen LogP contribution in [0.4, 0.5) is 5.69 Å². The van der Waals surface area contributed by atoms with Crippen molar-refractivity contribution in [3.63, 3.8) is 0 Å². The summed E-state index contributed by atoms with van der Waals surface area (Å²) in [5.74, 6) is -0.666. The maximum absolute atomic E-state index is 12.0. The van der Waals surface area contributed by atoms with E-state index in [1.165, 1.54) is 17.4 Å². The zero-order valence-electron chi connectivity index (χ0n) is 14.0. The number of nitrogens with one attached hydrogen (secondary N) is 2. The number of rotatable bonds is 6. The molecular formula is C18H17ClN4O2S. The second-order valence-electron chi connectivity index (χ2n) is 5.45. The molecule has 0 saturated heterocycles. The van der Waals surface area contributed by atoms with Gasteiger partial charge in [0.2, 0.25) is 11.8 Å². The van der Waals surface area contributed by atoms with Crippen LogP contribution in [0.2, 0.25) is 5.15 Å². The minimum absolute atomic E-state index is 0.116. The van der Waals surface area contributed by atoms with E-state index in [1.54, 1.807) is 10.5 Å². The lowest BCUT2D eigenvalue weighted by Gasteiger charge is -2.09. The van der Waals surface area contributed by atoms with Crippen molar-refractivity contribution >= 4 is 51.5 Å². The molecule has 8 heteroatoms. The summed E-state index contributed by atoms with van der Waals surface area (Å²) in [7, 11) is 0. The molecule has 0 unspecified atom stereocenters. The van der Waals surface area contributed by atoms with Crippen LogP contribution in [-0.4, -0.2) is 27.7 Å². The monoisotopic (exact) mass is 388 g/mol. The van der Waals surface area contributed by atoms with Gasteiger partial charge >= 0.3 is 0 Å². The SMILES string of the molecule is CCc1ccccc1NC(=O)CNC(=O)/C=C/c1c(Cl)nc2sccn12. The van der Waals surface area contributed by atoms with Gasteiger partial charge in [0.25, 0.3) is 0 Å². The first-order chi connectivity index (χ1) is 12.6. The number of thiazole rings is 1. The number of aromatic nitrogens is 2. The Morgan fingerprint density at radius 3 is 2.96 bits per heavy atom. The molecule has 0 aliphatic carbocycles. The van der Waals surface area contributed by atoms with Crippen molar-refractivity contribution in [3.05, 3.63) is 58.3 Å². The van der Waals surface area contributed by atoms with Gasteiger partial charge < -0.3 is 10.6 Å². The van der Waals surface area contributed by atoms with Gasteiger partial charge in [-0.3, -0.25) is 14.0 Å². The topological polar surface area (TPSA) is 75.5 Å². The summed E-state index contributed by atoms with van der Waals surface area (Å²) in [5.41, 5.74) is 2.43. The third kappa shape index (κ3) is 4.12. The van der Waals surface area contributed by atoms with Crippen LogP contribution in [0.3, 0.4) is 0 Å². The van der Waals surface area contributed by atoms with Crippen molar-refractivity contribution in [1.29, 1.82) is 0 Å². The Balaban J connectivity index is 1.56. The Morgan fingerprint density at radius 1 is 1.35 bits per heavy atom. The highest BCUT2D eigenvalue weighted by Crippen LogP contribution is 2.22. The Bertz CT molecular complexity index is 977. The average molecular weight is 389 g/mol. The summed E-state index contributed by atoms with van der Waals surface area (Å²) in [4.78, 5) is 28.9. The lowest BCUT2D eigenvalue weighted by atomic mass is 10.1. The van der Waals surface area contributed by atoms with Crippen LogP contribution in [0, 0.1) is 0 Å². The number of para-hydroxylation sites is 1. The number of halogens is 1. The van der Waals surface area contributed by atoms with Crippen molar-refractivity contribution in [2.24, 2.45) is 0 Å². The Kier molecular flexibility index (Phi) is 5.70. The van der Waals surface area contributed by atoms with Crippen molar-refractivity contribution in [2.75, 3.05) is 11.9 Å². The zero-order valence-corrected chi connectivity index (χ0v) is 15.6. The number of carbonyl (C=O) groups excluding carboxylic acids is 2. The molecule has 0 radical (unpaired) electrons. The summed E-state index contributed by atoms with van der Waals surface area (Å²) in [6, 6.07) is 7.58. The molecule has 2 N–H and O–H groups in total. The van der Waals surface area contributed by atoms with Gasteiger partial charge in [0.15, 0.2) is 10.1 Å².